The van der Waals surface area contributed by atoms with Gasteiger partial charge in [0.2, 0.25) is 0 Å². The first kappa shape index (κ1) is 12.8. The third-order valence-corrected chi connectivity index (χ3v) is 4.36. The summed E-state index contributed by atoms with van der Waals surface area (Å²) >= 11 is 0. The minimum Gasteiger partial charge on any atom is -0.481 e. The van der Waals surface area contributed by atoms with E-state index in [1.807, 2.05) is 0 Å². The quantitative estimate of drug-likeness (QED) is 0.781. The fourth-order valence-corrected chi connectivity index (χ4v) is 3.31. The number of hydrogen-bond donors (Lipinski definition) is 2. The SMILES string of the molecule is CCC1CC(C(=O)O)CCN1C1CCNCC1. The van der Waals surface area contributed by atoms with Gasteiger partial charge in [-0.3, -0.25) is 9.69 Å². The van der Waals surface area contributed by atoms with Gasteiger partial charge in [-0.05, 0) is 51.7 Å². The van der Waals surface area contributed by atoms with Crippen LogP contribution in [0.4, 0.5) is 0 Å². The number of aliphatic carboxylic acids is 1. The standard InChI is InChI=1S/C13H24N2O2/c1-2-11-9-10(13(16)17)5-8-15(11)12-3-6-14-7-4-12/h10-12,14H,2-9H2,1H3,(H,16,17). The maximum absolute atomic E-state index is 11.1. The van der Waals surface area contributed by atoms with Gasteiger partial charge in [0.25, 0.3) is 0 Å². The van der Waals surface area contributed by atoms with Crippen LogP contribution in [-0.2, 0) is 4.79 Å². The van der Waals surface area contributed by atoms with Crippen molar-refractivity contribution in [3.8, 4) is 0 Å². The van der Waals surface area contributed by atoms with Crippen molar-refractivity contribution in [3.63, 3.8) is 0 Å². The van der Waals surface area contributed by atoms with Gasteiger partial charge in [-0.15, -0.1) is 0 Å². The van der Waals surface area contributed by atoms with Gasteiger partial charge < -0.3 is 10.4 Å². The van der Waals surface area contributed by atoms with Crippen molar-refractivity contribution in [1.82, 2.24) is 10.2 Å². The molecule has 2 atom stereocenters. The molecule has 0 amide bonds. The number of hydrogen-bond acceptors (Lipinski definition) is 3. The van der Waals surface area contributed by atoms with Crippen LogP contribution in [-0.4, -0.2) is 47.7 Å². The summed E-state index contributed by atoms with van der Waals surface area (Å²) in [5.41, 5.74) is 0. The third-order valence-electron chi connectivity index (χ3n) is 4.36. The zero-order valence-corrected chi connectivity index (χ0v) is 10.7. The van der Waals surface area contributed by atoms with Crippen LogP contribution >= 0.6 is 0 Å². The Bertz CT molecular complexity index is 264. The van der Waals surface area contributed by atoms with Crippen LogP contribution in [0.5, 0.6) is 0 Å². The summed E-state index contributed by atoms with van der Waals surface area (Å²) in [7, 11) is 0. The van der Waals surface area contributed by atoms with Crippen LogP contribution < -0.4 is 5.32 Å². The molecular formula is C13H24N2O2. The van der Waals surface area contributed by atoms with Gasteiger partial charge in [0.15, 0.2) is 0 Å². The minimum absolute atomic E-state index is 0.113. The second kappa shape index (κ2) is 5.83. The van der Waals surface area contributed by atoms with Crippen molar-refractivity contribution >= 4 is 5.97 Å². The summed E-state index contributed by atoms with van der Waals surface area (Å²) in [6, 6.07) is 1.16. The van der Waals surface area contributed by atoms with Crippen LogP contribution in [0.25, 0.3) is 0 Å². The van der Waals surface area contributed by atoms with E-state index in [4.69, 9.17) is 5.11 Å². The van der Waals surface area contributed by atoms with Crippen molar-refractivity contribution in [2.24, 2.45) is 5.92 Å². The molecule has 17 heavy (non-hydrogen) atoms. The first-order chi connectivity index (χ1) is 8.22. The average molecular weight is 240 g/mol. The molecule has 0 aromatic rings. The van der Waals surface area contributed by atoms with Gasteiger partial charge in [-0.1, -0.05) is 6.92 Å². The molecule has 0 aromatic carbocycles. The maximum Gasteiger partial charge on any atom is 0.306 e. The van der Waals surface area contributed by atoms with Crippen LogP contribution in [0.1, 0.15) is 39.0 Å². The highest BCUT2D eigenvalue weighted by Gasteiger charge is 2.34. The molecule has 2 rings (SSSR count). The van der Waals surface area contributed by atoms with E-state index >= 15 is 0 Å². The lowest BCUT2D eigenvalue weighted by atomic mass is 9.87. The van der Waals surface area contributed by atoms with E-state index in [2.05, 4.69) is 17.1 Å². The highest BCUT2D eigenvalue weighted by Crippen LogP contribution is 2.29. The summed E-state index contributed by atoms with van der Waals surface area (Å²) in [5.74, 6) is -0.716. The first-order valence-electron chi connectivity index (χ1n) is 6.91. The Hall–Kier alpha value is -0.610. The van der Waals surface area contributed by atoms with Crippen LogP contribution in [0.15, 0.2) is 0 Å². The number of nitrogens with one attached hydrogen (secondary N) is 1. The fraction of sp³-hybridized carbons (Fsp3) is 0.923. The highest BCUT2D eigenvalue weighted by atomic mass is 16.4. The highest BCUT2D eigenvalue weighted by molar-refractivity contribution is 5.70. The van der Waals surface area contributed by atoms with E-state index in [-0.39, 0.29) is 5.92 Å². The molecule has 2 aliphatic rings. The monoisotopic (exact) mass is 240 g/mol. The molecule has 0 bridgehead atoms. The normalized spacial score (nSPS) is 32.5. The number of carboxylic acid groups (broad SMARTS) is 1. The van der Waals surface area contributed by atoms with Crippen molar-refractivity contribution < 1.29 is 9.90 Å². The molecule has 4 heteroatoms. The summed E-state index contributed by atoms with van der Waals surface area (Å²) in [6.07, 6.45) is 5.18. The van der Waals surface area contributed by atoms with Crippen LogP contribution in [0.3, 0.4) is 0 Å². The first-order valence-corrected chi connectivity index (χ1v) is 6.91. The molecule has 2 fully saturated rings. The zero-order chi connectivity index (χ0) is 12.3. The Labute approximate surface area is 103 Å². The molecule has 2 unspecified atom stereocenters. The molecule has 0 aromatic heterocycles. The lowest BCUT2D eigenvalue weighted by Gasteiger charge is -2.44. The summed E-state index contributed by atoms with van der Waals surface area (Å²) < 4.78 is 0. The smallest absolute Gasteiger partial charge is 0.306 e. The van der Waals surface area contributed by atoms with Gasteiger partial charge in [0, 0.05) is 12.1 Å². The molecule has 2 N–H and O–H groups in total. The summed E-state index contributed by atoms with van der Waals surface area (Å²) in [6.45, 7) is 5.38. The molecule has 98 valence electrons. The molecule has 2 heterocycles. The van der Waals surface area contributed by atoms with Crippen LogP contribution in [0.2, 0.25) is 0 Å². The number of rotatable bonds is 3. The van der Waals surface area contributed by atoms with Gasteiger partial charge in [-0.25, -0.2) is 0 Å². The molecule has 0 saturated carbocycles. The second-order valence-electron chi connectivity index (χ2n) is 5.34. The van der Waals surface area contributed by atoms with E-state index in [0.717, 1.165) is 38.9 Å². The Morgan fingerprint density at radius 1 is 1.35 bits per heavy atom. The van der Waals surface area contributed by atoms with Gasteiger partial charge in [0.05, 0.1) is 5.92 Å². The van der Waals surface area contributed by atoms with Crippen molar-refractivity contribution in [3.05, 3.63) is 0 Å². The lowest BCUT2D eigenvalue weighted by molar-refractivity contribution is -0.144. The Balaban J connectivity index is 1.95. The maximum atomic E-state index is 11.1. The Kier molecular flexibility index (Phi) is 4.40. The molecule has 2 aliphatic heterocycles. The van der Waals surface area contributed by atoms with Gasteiger partial charge in [-0.2, -0.15) is 0 Å². The van der Waals surface area contributed by atoms with E-state index in [1.54, 1.807) is 0 Å². The largest absolute Gasteiger partial charge is 0.481 e. The number of carboxylic acids is 1. The molecule has 0 aliphatic carbocycles. The minimum atomic E-state index is -0.603. The number of carbonyl (C=O) groups is 1. The number of likely N-dealkylation sites (tertiary alicyclic amines) is 1. The van der Waals surface area contributed by atoms with E-state index in [1.165, 1.54) is 12.8 Å². The molecule has 0 spiro atoms. The zero-order valence-electron chi connectivity index (χ0n) is 10.7. The second-order valence-corrected chi connectivity index (χ2v) is 5.34. The summed E-state index contributed by atoms with van der Waals surface area (Å²) in [5, 5.41) is 12.5. The van der Waals surface area contributed by atoms with E-state index in [0.29, 0.717) is 12.1 Å². The van der Waals surface area contributed by atoms with Gasteiger partial charge >= 0.3 is 5.97 Å². The van der Waals surface area contributed by atoms with Crippen LogP contribution in [0, 0.1) is 5.92 Å². The summed E-state index contributed by atoms with van der Waals surface area (Å²) in [4.78, 5) is 13.7. The van der Waals surface area contributed by atoms with E-state index in [9.17, 15) is 4.79 Å². The topological polar surface area (TPSA) is 52.6 Å². The molecule has 0 radical (unpaired) electrons. The number of nitrogens with zero attached hydrogens (tertiary/aromatic N) is 1. The van der Waals surface area contributed by atoms with E-state index < -0.39 is 5.97 Å². The molecule has 2 saturated heterocycles. The molecular weight excluding hydrogens is 216 g/mol. The predicted octanol–water partition coefficient (Wildman–Crippen LogP) is 1.31. The van der Waals surface area contributed by atoms with Crippen molar-refractivity contribution in [2.75, 3.05) is 19.6 Å². The van der Waals surface area contributed by atoms with Gasteiger partial charge in [0.1, 0.15) is 0 Å². The number of piperidine rings is 2. The lowest BCUT2D eigenvalue weighted by Crippen LogP contribution is -2.52. The van der Waals surface area contributed by atoms with Crippen molar-refractivity contribution in [2.45, 2.75) is 51.1 Å². The predicted molar refractivity (Wildman–Crippen MR) is 67.0 cm³/mol. The van der Waals surface area contributed by atoms with Crippen molar-refractivity contribution in [1.29, 1.82) is 0 Å². The molecule has 4 nitrogen and oxygen atoms in total. The fourth-order valence-electron chi connectivity index (χ4n) is 3.31. The Morgan fingerprint density at radius 2 is 2.06 bits per heavy atom. The Morgan fingerprint density at radius 3 is 2.65 bits per heavy atom. The average Bonchev–Trinajstić information content (AvgIpc) is 2.39. The third kappa shape index (κ3) is 2.99.